The van der Waals surface area contributed by atoms with Crippen molar-refractivity contribution in [1.29, 1.82) is 0 Å². The Morgan fingerprint density at radius 3 is 2.78 bits per heavy atom. The number of methoxy groups -OCH3 is 1. The van der Waals surface area contributed by atoms with E-state index in [1.807, 2.05) is 11.4 Å². The molecule has 0 spiro atoms. The van der Waals surface area contributed by atoms with Gasteiger partial charge in [0.15, 0.2) is 0 Å². The summed E-state index contributed by atoms with van der Waals surface area (Å²) < 4.78 is 7.23. The normalized spacial score (nSPS) is 14.0. The first kappa shape index (κ1) is 22.2. The molecule has 4 rings (SSSR count). The maximum atomic E-state index is 13.5. The predicted molar refractivity (Wildman–Crippen MR) is 125 cm³/mol. The van der Waals surface area contributed by atoms with Gasteiger partial charge in [0.1, 0.15) is 11.3 Å². The Kier molecular flexibility index (Phi) is 6.72. The highest BCUT2D eigenvalue weighted by molar-refractivity contribution is 7.07. The number of carbonyl (C=O) groups excluding carboxylic acids is 1. The zero-order valence-corrected chi connectivity index (χ0v) is 19.5. The number of benzene rings is 1. The van der Waals surface area contributed by atoms with Gasteiger partial charge in [0, 0.05) is 56.8 Å². The number of fused-ring (bicyclic) bond motifs is 1. The van der Waals surface area contributed by atoms with Gasteiger partial charge in [-0.15, -0.1) is 11.3 Å². The molecule has 0 aliphatic carbocycles. The number of pyridine rings is 1. The molecule has 0 atom stereocenters. The van der Waals surface area contributed by atoms with Gasteiger partial charge in [-0.25, -0.2) is 4.98 Å². The zero-order chi connectivity index (χ0) is 22.7. The van der Waals surface area contributed by atoms with E-state index in [0.29, 0.717) is 30.8 Å². The Hall–Kier alpha value is -2.97. The Balaban J connectivity index is 1.62. The highest BCUT2D eigenvalue weighted by Gasteiger charge is 2.27. The van der Waals surface area contributed by atoms with E-state index in [4.69, 9.17) is 4.74 Å². The predicted octanol–water partition coefficient (Wildman–Crippen LogP) is 2.95. The van der Waals surface area contributed by atoms with Crippen molar-refractivity contribution in [3.05, 3.63) is 79.7 Å². The maximum absolute atomic E-state index is 13.5. The number of rotatable bonds is 6. The molecule has 1 amide bonds. The van der Waals surface area contributed by atoms with Crippen molar-refractivity contribution in [2.24, 2.45) is 0 Å². The van der Waals surface area contributed by atoms with Gasteiger partial charge in [-0.3, -0.25) is 14.5 Å². The van der Waals surface area contributed by atoms with Crippen molar-refractivity contribution in [2.75, 3.05) is 27.2 Å². The van der Waals surface area contributed by atoms with Crippen molar-refractivity contribution >= 4 is 17.2 Å². The van der Waals surface area contributed by atoms with Crippen LogP contribution in [0.2, 0.25) is 0 Å². The standard InChI is InChI=1S/C24H28N4O3S/c1-17-6-4-5-7-18(17)13-27-9-8-20-23(21(31-3)12-22(29)28(20)11-10-27)24(30)26(2)14-19-15-32-16-25-19/h4-7,12,15-16H,8-11,13-14H2,1-3H3. The van der Waals surface area contributed by atoms with Crippen molar-refractivity contribution < 1.29 is 9.53 Å². The van der Waals surface area contributed by atoms with Gasteiger partial charge in [-0.05, 0) is 18.1 Å². The summed E-state index contributed by atoms with van der Waals surface area (Å²) in [5.74, 6) is 0.176. The molecule has 0 bridgehead atoms. The van der Waals surface area contributed by atoms with E-state index >= 15 is 0 Å². The number of carbonyl (C=O) groups is 1. The van der Waals surface area contributed by atoms with Crippen LogP contribution in [-0.2, 0) is 26.1 Å². The number of nitrogens with zero attached hydrogens (tertiary/aromatic N) is 4. The molecule has 0 saturated carbocycles. The fraction of sp³-hybridized carbons (Fsp3) is 0.375. The van der Waals surface area contributed by atoms with E-state index in [9.17, 15) is 9.59 Å². The molecule has 32 heavy (non-hydrogen) atoms. The SMILES string of the molecule is COc1cc(=O)n2c(c1C(=O)N(C)Cc1cscn1)CCN(Cc1ccccc1C)CC2. The molecule has 1 aliphatic heterocycles. The summed E-state index contributed by atoms with van der Waals surface area (Å²) in [7, 11) is 3.26. The van der Waals surface area contributed by atoms with Gasteiger partial charge >= 0.3 is 0 Å². The molecule has 7 nitrogen and oxygen atoms in total. The highest BCUT2D eigenvalue weighted by atomic mass is 32.1. The number of amides is 1. The van der Waals surface area contributed by atoms with Gasteiger partial charge < -0.3 is 14.2 Å². The average Bonchev–Trinajstić information content (AvgIpc) is 3.20. The van der Waals surface area contributed by atoms with Crippen molar-refractivity contribution in [1.82, 2.24) is 19.4 Å². The third-order valence-electron chi connectivity index (χ3n) is 6.00. The molecule has 3 aromatic rings. The van der Waals surface area contributed by atoms with Crippen LogP contribution in [0.3, 0.4) is 0 Å². The van der Waals surface area contributed by atoms with Gasteiger partial charge in [0.2, 0.25) is 0 Å². The number of hydrogen-bond donors (Lipinski definition) is 0. The Morgan fingerprint density at radius 1 is 1.25 bits per heavy atom. The first-order valence-electron chi connectivity index (χ1n) is 10.7. The van der Waals surface area contributed by atoms with Crippen LogP contribution >= 0.6 is 11.3 Å². The molecule has 0 unspecified atom stereocenters. The molecular formula is C24H28N4O3S. The molecule has 0 radical (unpaired) electrons. The molecule has 168 valence electrons. The van der Waals surface area contributed by atoms with Crippen LogP contribution in [0.5, 0.6) is 5.75 Å². The van der Waals surface area contributed by atoms with Gasteiger partial charge in [-0.2, -0.15) is 0 Å². The zero-order valence-electron chi connectivity index (χ0n) is 18.7. The molecule has 1 aromatic carbocycles. The van der Waals surface area contributed by atoms with E-state index in [1.165, 1.54) is 35.6 Å². The Bertz CT molecular complexity index is 1160. The second-order valence-electron chi connectivity index (χ2n) is 8.12. The molecule has 2 aromatic heterocycles. The van der Waals surface area contributed by atoms with E-state index in [2.05, 4.69) is 35.0 Å². The fourth-order valence-electron chi connectivity index (χ4n) is 4.19. The van der Waals surface area contributed by atoms with E-state index in [0.717, 1.165) is 31.0 Å². The summed E-state index contributed by atoms with van der Waals surface area (Å²) in [6.07, 6.45) is 0.601. The molecule has 0 fully saturated rings. The summed E-state index contributed by atoms with van der Waals surface area (Å²) in [6, 6.07) is 9.80. The lowest BCUT2D eigenvalue weighted by molar-refractivity contribution is 0.0777. The monoisotopic (exact) mass is 452 g/mol. The minimum Gasteiger partial charge on any atom is -0.496 e. The number of thiazole rings is 1. The Morgan fingerprint density at radius 2 is 2.06 bits per heavy atom. The van der Waals surface area contributed by atoms with Crippen molar-refractivity contribution in [2.45, 2.75) is 33.0 Å². The van der Waals surface area contributed by atoms with Crippen molar-refractivity contribution in [3.8, 4) is 5.75 Å². The highest BCUT2D eigenvalue weighted by Crippen LogP contribution is 2.25. The summed E-state index contributed by atoms with van der Waals surface area (Å²) >= 11 is 1.50. The number of hydrogen-bond acceptors (Lipinski definition) is 6. The molecule has 0 N–H and O–H groups in total. The maximum Gasteiger partial charge on any atom is 0.259 e. The van der Waals surface area contributed by atoms with E-state index in [1.54, 1.807) is 22.0 Å². The summed E-state index contributed by atoms with van der Waals surface area (Å²) in [5.41, 5.74) is 6.22. The van der Waals surface area contributed by atoms with Crippen LogP contribution in [0.25, 0.3) is 0 Å². The minimum atomic E-state index is -0.161. The third kappa shape index (κ3) is 4.61. The number of aryl methyl sites for hydroxylation is 1. The molecule has 1 aliphatic rings. The molecule has 0 saturated heterocycles. The second-order valence-corrected chi connectivity index (χ2v) is 8.84. The smallest absolute Gasteiger partial charge is 0.259 e. The lowest BCUT2D eigenvalue weighted by Gasteiger charge is -2.22. The average molecular weight is 453 g/mol. The first-order chi connectivity index (χ1) is 15.5. The largest absolute Gasteiger partial charge is 0.496 e. The summed E-state index contributed by atoms with van der Waals surface area (Å²) in [6.45, 7) is 5.39. The fourth-order valence-corrected chi connectivity index (χ4v) is 4.74. The lowest BCUT2D eigenvalue weighted by Crippen LogP contribution is -2.32. The summed E-state index contributed by atoms with van der Waals surface area (Å²) in [4.78, 5) is 34.6. The van der Waals surface area contributed by atoms with Gasteiger partial charge in [0.05, 0.1) is 24.9 Å². The van der Waals surface area contributed by atoms with Crippen molar-refractivity contribution in [3.63, 3.8) is 0 Å². The van der Waals surface area contributed by atoms with Gasteiger partial charge in [0.25, 0.3) is 11.5 Å². The van der Waals surface area contributed by atoms with Crippen LogP contribution in [0.4, 0.5) is 0 Å². The van der Waals surface area contributed by atoms with Crippen LogP contribution < -0.4 is 10.3 Å². The van der Waals surface area contributed by atoms with Crippen LogP contribution in [0, 0.1) is 6.92 Å². The first-order valence-corrected chi connectivity index (χ1v) is 11.6. The molecular weight excluding hydrogens is 424 g/mol. The summed E-state index contributed by atoms with van der Waals surface area (Å²) in [5, 5.41) is 1.93. The van der Waals surface area contributed by atoms with E-state index < -0.39 is 0 Å². The molecule has 8 heteroatoms. The van der Waals surface area contributed by atoms with E-state index in [-0.39, 0.29) is 11.5 Å². The quantitative estimate of drug-likeness (QED) is 0.575. The number of aromatic nitrogens is 2. The minimum absolute atomic E-state index is 0.131. The van der Waals surface area contributed by atoms with Gasteiger partial charge in [-0.1, -0.05) is 24.3 Å². The van der Waals surface area contributed by atoms with Crippen LogP contribution in [-0.4, -0.2) is 52.5 Å². The topological polar surface area (TPSA) is 67.7 Å². The molecule has 3 heterocycles. The second kappa shape index (κ2) is 9.67. The Labute approximate surface area is 191 Å². The number of ether oxygens (including phenoxy) is 1. The third-order valence-corrected chi connectivity index (χ3v) is 6.64. The van der Waals surface area contributed by atoms with Crippen LogP contribution in [0.1, 0.15) is 32.9 Å². The van der Waals surface area contributed by atoms with Crippen LogP contribution in [0.15, 0.2) is 46.0 Å². The lowest BCUT2D eigenvalue weighted by atomic mass is 10.1.